The molecule has 2 aromatic carbocycles. The third-order valence-electron chi connectivity index (χ3n) is 8.16. The molecule has 228 valence electrons. The van der Waals surface area contributed by atoms with Crippen LogP contribution >= 0.6 is 11.3 Å². The monoisotopic (exact) mass is 624 g/mol. The van der Waals surface area contributed by atoms with Crippen LogP contribution in [0.3, 0.4) is 0 Å². The topological polar surface area (TPSA) is 155 Å². The molecule has 43 heavy (non-hydrogen) atoms. The fourth-order valence-electron chi connectivity index (χ4n) is 6.35. The Morgan fingerprint density at radius 1 is 1.14 bits per heavy atom. The maximum Gasteiger partial charge on any atom is 0.355 e. The number of nitrogens with one attached hydrogen (secondary N) is 3. The standard InChI is InChI=1S/C31H36N4O6S2/c1-18-10-11-22(20(14-18)15-19-6-5-7-21(16-19)35-43(2,40)41)28-27(23-8-3-4-9-24(23)29(36)34-28)30(37)32-13-12-26-33-25(17-42-26)31(38)39/h3-4,8-11,14,17,19,21,27-28,35H,5-7,12-13,15-16H2,1-2H3,(H,32,37)(H,34,36)(H,38,39)/t19?,21-,27+,28-/m0/s1. The van der Waals surface area contributed by atoms with Crippen molar-refractivity contribution >= 4 is 39.1 Å². The first-order valence-corrected chi connectivity index (χ1v) is 17.2. The van der Waals surface area contributed by atoms with E-state index in [1.807, 2.05) is 31.2 Å². The van der Waals surface area contributed by atoms with E-state index in [1.54, 1.807) is 12.1 Å². The lowest BCUT2D eigenvalue weighted by atomic mass is 9.76. The summed E-state index contributed by atoms with van der Waals surface area (Å²) in [5.74, 6) is -2.01. The SMILES string of the molecule is Cc1ccc([C@@H]2NC(=O)c3ccccc3[C@H]2C(=O)NCCc2nc(C(=O)O)cs2)c(CC2CCC[C@H](NS(C)(=O)=O)C2)c1. The summed E-state index contributed by atoms with van der Waals surface area (Å²) < 4.78 is 26.5. The normalized spacial score (nSPS) is 22.0. The van der Waals surface area contributed by atoms with Gasteiger partial charge >= 0.3 is 5.97 Å². The summed E-state index contributed by atoms with van der Waals surface area (Å²) in [7, 11) is -3.30. The number of sulfonamides is 1. The smallest absolute Gasteiger partial charge is 0.355 e. The third-order valence-corrected chi connectivity index (χ3v) is 9.83. The molecule has 1 aliphatic carbocycles. The average Bonchev–Trinajstić information content (AvgIpc) is 3.42. The van der Waals surface area contributed by atoms with Crippen LogP contribution in [0.2, 0.25) is 0 Å². The summed E-state index contributed by atoms with van der Waals surface area (Å²) >= 11 is 1.24. The van der Waals surface area contributed by atoms with E-state index in [4.69, 9.17) is 5.11 Å². The van der Waals surface area contributed by atoms with Crippen LogP contribution in [0, 0.1) is 12.8 Å². The Labute approximate surface area is 255 Å². The maximum atomic E-state index is 13.9. The molecule has 1 aliphatic heterocycles. The fraction of sp³-hybridized carbons (Fsp3) is 0.419. The van der Waals surface area contributed by atoms with Gasteiger partial charge in [0.1, 0.15) is 0 Å². The Hall–Kier alpha value is -3.61. The minimum Gasteiger partial charge on any atom is -0.476 e. The minimum atomic E-state index is -3.30. The summed E-state index contributed by atoms with van der Waals surface area (Å²) in [6, 6.07) is 12.5. The van der Waals surface area contributed by atoms with Gasteiger partial charge in [0.25, 0.3) is 5.91 Å². The van der Waals surface area contributed by atoms with Gasteiger partial charge in [-0.25, -0.2) is 22.9 Å². The first-order chi connectivity index (χ1) is 20.5. The lowest BCUT2D eigenvalue weighted by molar-refractivity contribution is -0.123. The number of aryl methyl sites for hydroxylation is 1. The molecule has 0 spiro atoms. The van der Waals surface area contributed by atoms with Crippen molar-refractivity contribution in [2.75, 3.05) is 12.8 Å². The van der Waals surface area contributed by atoms with Crippen molar-refractivity contribution in [3.05, 3.63) is 86.4 Å². The molecule has 1 aromatic heterocycles. The van der Waals surface area contributed by atoms with Crippen molar-refractivity contribution in [2.24, 2.45) is 5.92 Å². The Morgan fingerprint density at radius 3 is 2.67 bits per heavy atom. The number of rotatable bonds is 10. The van der Waals surface area contributed by atoms with Crippen LogP contribution in [-0.2, 0) is 27.7 Å². The molecular formula is C31H36N4O6S2. The van der Waals surface area contributed by atoms with E-state index in [2.05, 4.69) is 26.4 Å². The number of aromatic carboxylic acids is 1. The number of aromatic nitrogens is 1. The van der Waals surface area contributed by atoms with Crippen LogP contribution < -0.4 is 15.4 Å². The van der Waals surface area contributed by atoms with Gasteiger partial charge in [-0.2, -0.15) is 0 Å². The van der Waals surface area contributed by atoms with Crippen molar-refractivity contribution in [3.63, 3.8) is 0 Å². The Bertz CT molecular complexity index is 1640. The number of carbonyl (C=O) groups is 3. The second kappa shape index (κ2) is 12.9. The lowest BCUT2D eigenvalue weighted by Crippen LogP contribution is -2.45. The van der Waals surface area contributed by atoms with Crippen LogP contribution in [0.5, 0.6) is 0 Å². The van der Waals surface area contributed by atoms with Gasteiger partial charge in [-0.1, -0.05) is 54.8 Å². The van der Waals surface area contributed by atoms with Gasteiger partial charge in [0.2, 0.25) is 15.9 Å². The second-order valence-electron chi connectivity index (χ2n) is 11.5. The number of carboxylic acids is 1. The van der Waals surface area contributed by atoms with Gasteiger partial charge in [-0.15, -0.1) is 11.3 Å². The highest BCUT2D eigenvalue weighted by atomic mass is 32.2. The number of amides is 2. The van der Waals surface area contributed by atoms with Crippen LogP contribution in [0.1, 0.15) is 85.8 Å². The van der Waals surface area contributed by atoms with E-state index in [9.17, 15) is 22.8 Å². The Morgan fingerprint density at radius 2 is 1.93 bits per heavy atom. The van der Waals surface area contributed by atoms with E-state index in [-0.39, 0.29) is 36.0 Å². The quantitative estimate of drug-likeness (QED) is 0.268. The highest BCUT2D eigenvalue weighted by Gasteiger charge is 2.40. The largest absolute Gasteiger partial charge is 0.476 e. The number of nitrogens with zero attached hydrogens (tertiary/aromatic N) is 1. The zero-order chi connectivity index (χ0) is 30.7. The summed E-state index contributed by atoms with van der Waals surface area (Å²) in [5, 5.41) is 17.4. The first kappa shape index (κ1) is 30.8. The van der Waals surface area contributed by atoms with Crippen LogP contribution in [0.25, 0.3) is 0 Å². The number of benzene rings is 2. The molecular weight excluding hydrogens is 588 g/mol. The number of thiazole rings is 1. The Kier molecular flexibility index (Phi) is 9.28. The molecule has 12 heteroatoms. The summed E-state index contributed by atoms with van der Waals surface area (Å²) in [6.07, 6.45) is 5.70. The van der Waals surface area contributed by atoms with Gasteiger partial charge in [0.15, 0.2) is 5.69 Å². The van der Waals surface area contributed by atoms with Gasteiger partial charge < -0.3 is 15.7 Å². The van der Waals surface area contributed by atoms with E-state index in [0.717, 1.165) is 42.4 Å². The van der Waals surface area contributed by atoms with Crippen molar-refractivity contribution in [1.29, 1.82) is 0 Å². The molecule has 3 aromatic rings. The van der Waals surface area contributed by atoms with Crippen molar-refractivity contribution in [3.8, 4) is 0 Å². The molecule has 4 atom stereocenters. The maximum absolute atomic E-state index is 13.9. The Balaban J connectivity index is 1.40. The van der Waals surface area contributed by atoms with Gasteiger partial charge in [0, 0.05) is 30.0 Å². The zero-order valence-electron chi connectivity index (χ0n) is 24.1. The molecule has 0 saturated heterocycles. The molecule has 5 rings (SSSR count). The molecule has 1 fully saturated rings. The number of carbonyl (C=O) groups excluding carboxylic acids is 2. The molecule has 2 heterocycles. The van der Waals surface area contributed by atoms with E-state index in [1.165, 1.54) is 23.0 Å². The highest BCUT2D eigenvalue weighted by molar-refractivity contribution is 7.88. The van der Waals surface area contributed by atoms with Gasteiger partial charge in [-0.3, -0.25) is 9.59 Å². The molecule has 1 unspecified atom stereocenters. The van der Waals surface area contributed by atoms with E-state index < -0.39 is 28.0 Å². The predicted molar refractivity (Wildman–Crippen MR) is 164 cm³/mol. The second-order valence-corrected chi connectivity index (χ2v) is 14.2. The van der Waals surface area contributed by atoms with Crippen molar-refractivity contribution in [2.45, 2.75) is 63.5 Å². The van der Waals surface area contributed by atoms with Gasteiger partial charge in [0.05, 0.1) is 23.2 Å². The summed E-state index contributed by atoms with van der Waals surface area (Å²) in [6.45, 7) is 2.28. The van der Waals surface area contributed by atoms with Gasteiger partial charge in [-0.05, 0) is 54.9 Å². The molecule has 1 saturated carbocycles. The summed E-state index contributed by atoms with van der Waals surface area (Å²) in [4.78, 5) is 42.4. The third kappa shape index (κ3) is 7.49. The molecule has 2 aliphatic rings. The highest BCUT2D eigenvalue weighted by Crippen LogP contribution is 2.40. The van der Waals surface area contributed by atoms with Crippen LogP contribution in [0.4, 0.5) is 0 Å². The molecule has 0 bridgehead atoms. The van der Waals surface area contributed by atoms with E-state index in [0.29, 0.717) is 29.0 Å². The molecule has 0 radical (unpaired) electrons. The predicted octanol–water partition coefficient (Wildman–Crippen LogP) is 3.73. The van der Waals surface area contributed by atoms with Crippen LogP contribution in [0.15, 0.2) is 47.8 Å². The first-order valence-electron chi connectivity index (χ1n) is 14.4. The number of hydrogen-bond donors (Lipinski definition) is 4. The van der Waals surface area contributed by atoms with E-state index >= 15 is 0 Å². The van der Waals surface area contributed by atoms with Crippen molar-refractivity contribution in [1.82, 2.24) is 20.3 Å². The number of hydrogen-bond acceptors (Lipinski definition) is 7. The number of fused-ring (bicyclic) bond motifs is 1. The zero-order valence-corrected chi connectivity index (χ0v) is 25.8. The number of carboxylic acid groups (broad SMARTS) is 1. The minimum absolute atomic E-state index is 0.0152. The summed E-state index contributed by atoms with van der Waals surface area (Å²) in [5.41, 5.74) is 4.07. The lowest BCUT2D eigenvalue weighted by Gasteiger charge is -2.35. The molecule has 4 N–H and O–H groups in total. The fourth-order valence-corrected chi connectivity index (χ4v) is 7.94. The molecule has 2 amide bonds. The molecule has 10 nitrogen and oxygen atoms in total. The van der Waals surface area contributed by atoms with Crippen LogP contribution in [-0.4, -0.2) is 55.1 Å². The van der Waals surface area contributed by atoms with Crippen molar-refractivity contribution < 1.29 is 27.9 Å². The average molecular weight is 625 g/mol.